The number of likely N-dealkylation sites (tertiary alicyclic amines) is 1. The molecule has 1 aromatic carbocycles. The van der Waals surface area contributed by atoms with Gasteiger partial charge in [-0.2, -0.15) is 0 Å². The Morgan fingerprint density at radius 1 is 1.22 bits per heavy atom. The lowest BCUT2D eigenvalue weighted by molar-refractivity contribution is -0.141. The first kappa shape index (κ1) is 26.2. The molecule has 8 unspecified atom stereocenters. The summed E-state index contributed by atoms with van der Waals surface area (Å²) in [6, 6.07) is 4.64. The van der Waals surface area contributed by atoms with Gasteiger partial charge in [-0.15, -0.1) is 0 Å². The van der Waals surface area contributed by atoms with Crippen LogP contribution in [0, 0.1) is 30.6 Å². The molecule has 1 saturated carbocycles. The molecule has 7 nitrogen and oxygen atoms in total. The zero-order valence-corrected chi connectivity index (χ0v) is 22.9. The van der Waals surface area contributed by atoms with Crippen LogP contribution >= 0.6 is 11.6 Å². The fourth-order valence-corrected chi connectivity index (χ4v) is 6.96. The predicted molar refractivity (Wildman–Crippen MR) is 143 cm³/mol. The van der Waals surface area contributed by atoms with E-state index in [2.05, 4.69) is 31.4 Å². The number of benzene rings is 1. The third-order valence-corrected chi connectivity index (χ3v) is 9.56. The smallest absolute Gasteiger partial charge is 0.246 e. The van der Waals surface area contributed by atoms with Crippen molar-refractivity contribution in [3.8, 4) is 0 Å². The Kier molecular flexibility index (Phi) is 7.14. The highest BCUT2D eigenvalue weighted by molar-refractivity contribution is 6.31. The first-order valence-corrected chi connectivity index (χ1v) is 14.1. The number of anilines is 1. The number of carbonyl (C=O) groups excluding carboxylic acids is 3. The van der Waals surface area contributed by atoms with Crippen LogP contribution in [0.4, 0.5) is 5.69 Å². The number of nitrogens with zero attached hydrogens (tertiary/aromatic N) is 1. The van der Waals surface area contributed by atoms with Crippen LogP contribution < -0.4 is 10.6 Å². The molecule has 3 heterocycles. The van der Waals surface area contributed by atoms with Gasteiger partial charge in [-0.05, 0) is 49.3 Å². The summed E-state index contributed by atoms with van der Waals surface area (Å²) >= 11 is 6.26. The second-order valence-corrected chi connectivity index (χ2v) is 11.8. The normalized spacial score (nSPS) is 36.1. The standard InChI is InChI=1S/C29H38ClN3O4/c1-5-6-14-33-25(27(35)32-21-9-7-8-16(2)18(21)4)29-13-12-22(37-29)23(24(29)28(33)36)26(34)31-19-11-10-17(3)20(30)15-19/h10-13,15-16,18,21-25H,5-9,14H2,1-4H3,(H,31,34)(H,32,35). The van der Waals surface area contributed by atoms with Crippen LogP contribution in [0.3, 0.4) is 0 Å². The maximum atomic E-state index is 13.9. The summed E-state index contributed by atoms with van der Waals surface area (Å²) in [6.45, 7) is 8.85. The van der Waals surface area contributed by atoms with Crippen LogP contribution in [0.15, 0.2) is 30.4 Å². The molecule has 2 bridgehead atoms. The average molecular weight is 528 g/mol. The van der Waals surface area contributed by atoms with E-state index in [0.717, 1.165) is 31.2 Å². The second kappa shape index (κ2) is 10.1. The Bertz CT molecular complexity index is 1120. The molecule has 1 spiro atoms. The molecule has 5 rings (SSSR count). The van der Waals surface area contributed by atoms with E-state index < -0.39 is 29.6 Å². The summed E-state index contributed by atoms with van der Waals surface area (Å²) in [5.74, 6) is -1.19. The van der Waals surface area contributed by atoms with Gasteiger partial charge >= 0.3 is 0 Å². The number of carbonyl (C=O) groups is 3. The van der Waals surface area contributed by atoms with E-state index in [1.165, 1.54) is 6.42 Å². The number of rotatable bonds is 7. The van der Waals surface area contributed by atoms with Gasteiger partial charge in [0.05, 0.1) is 17.9 Å². The van der Waals surface area contributed by atoms with Crippen LogP contribution in [0.1, 0.15) is 58.4 Å². The summed E-state index contributed by atoms with van der Waals surface area (Å²) in [4.78, 5) is 43.0. The first-order chi connectivity index (χ1) is 17.7. The van der Waals surface area contributed by atoms with Crippen molar-refractivity contribution in [1.82, 2.24) is 10.2 Å². The molecule has 37 heavy (non-hydrogen) atoms. The number of hydrogen-bond donors (Lipinski definition) is 2. The Hall–Kier alpha value is -2.38. The molecular formula is C29H38ClN3O4. The Morgan fingerprint density at radius 2 is 2.00 bits per heavy atom. The number of ether oxygens (including phenoxy) is 1. The topological polar surface area (TPSA) is 87.7 Å². The van der Waals surface area contributed by atoms with Gasteiger partial charge in [0.1, 0.15) is 11.6 Å². The van der Waals surface area contributed by atoms with Gasteiger partial charge < -0.3 is 20.3 Å². The number of unbranched alkanes of at least 4 members (excludes halogenated alkanes) is 1. The Labute approximate surface area is 224 Å². The summed E-state index contributed by atoms with van der Waals surface area (Å²) in [7, 11) is 0. The molecule has 3 amide bonds. The van der Waals surface area contributed by atoms with Crippen LogP contribution in [-0.4, -0.2) is 53.0 Å². The highest BCUT2D eigenvalue weighted by Crippen LogP contribution is 2.55. The third-order valence-electron chi connectivity index (χ3n) is 9.15. The average Bonchev–Trinajstić information content (AvgIpc) is 3.50. The Balaban J connectivity index is 1.42. The van der Waals surface area contributed by atoms with Crippen LogP contribution in [0.25, 0.3) is 0 Å². The molecule has 1 aromatic rings. The van der Waals surface area contributed by atoms with Crippen molar-refractivity contribution in [2.45, 2.75) is 83.6 Å². The quantitative estimate of drug-likeness (QED) is 0.512. The molecule has 8 atom stereocenters. The monoisotopic (exact) mass is 527 g/mol. The lowest BCUT2D eigenvalue weighted by atomic mass is 9.73. The number of amides is 3. The minimum atomic E-state index is -1.13. The van der Waals surface area contributed by atoms with E-state index in [0.29, 0.717) is 29.1 Å². The fraction of sp³-hybridized carbons (Fsp3) is 0.621. The van der Waals surface area contributed by atoms with Crippen molar-refractivity contribution >= 4 is 35.0 Å². The SMILES string of the molecule is CCCCN1C(=O)C2C(C(=O)Nc3ccc(C)c(Cl)c3)C3C=CC2(O3)C1C(=O)NC1CCCC(C)C1C. The summed E-state index contributed by atoms with van der Waals surface area (Å²) in [6.07, 6.45) is 8.03. The van der Waals surface area contributed by atoms with Crippen molar-refractivity contribution in [2.75, 3.05) is 11.9 Å². The highest BCUT2D eigenvalue weighted by atomic mass is 35.5. The molecule has 3 fully saturated rings. The van der Waals surface area contributed by atoms with E-state index in [-0.39, 0.29) is 23.8 Å². The van der Waals surface area contributed by atoms with E-state index in [1.807, 2.05) is 25.1 Å². The predicted octanol–water partition coefficient (Wildman–Crippen LogP) is 4.48. The van der Waals surface area contributed by atoms with Gasteiger partial charge in [-0.25, -0.2) is 0 Å². The van der Waals surface area contributed by atoms with Gasteiger partial charge in [0, 0.05) is 23.3 Å². The van der Waals surface area contributed by atoms with E-state index >= 15 is 0 Å². The molecular weight excluding hydrogens is 490 g/mol. The zero-order valence-electron chi connectivity index (χ0n) is 22.1. The molecule has 200 valence electrons. The van der Waals surface area contributed by atoms with Crippen molar-refractivity contribution in [3.05, 3.63) is 40.9 Å². The van der Waals surface area contributed by atoms with Crippen LogP contribution in [-0.2, 0) is 19.1 Å². The third kappa shape index (κ3) is 4.38. The van der Waals surface area contributed by atoms with Crippen molar-refractivity contribution < 1.29 is 19.1 Å². The van der Waals surface area contributed by atoms with Gasteiger partial charge in [-0.1, -0.05) is 69.9 Å². The number of fused-ring (bicyclic) bond motifs is 1. The maximum absolute atomic E-state index is 13.9. The van der Waals surface area contributed by atoms with E-state index in [4.69, 9.17) is 16.3 Å². The molecule has 8 heteroatoms. The maximum Gasteiger partial charge on any atom is 0.246 e. The minimum Gasteiger partial charge on any atom is -0.359 e. The van der Waals surface area contributed by atoms with E-state index in [9.17, 15) is 14.4 Å². The van der Waals surface area contributed by atoms with Gasteiger partial charge in [0.2, 0.25) is 17.7 Å². The van der Waals surface area contributed by atoms with Gasteiger partial charge in [-0.3, -0.25) is 14.4 Å². The highest BCUT2D eigenvalue weighted by Gasteiger charge is 2.72. The summed E-state index contributed by atoms with van der Waals surface area (Å²) < 4.78 is 6.43. The molecule has 3 aliphatic heterocycles. The number of halogens is 1. The fourth-order valence-electron chi connectivity index (χ4n) is 6.78. The molecule has 2 saturated heterocycles. The number of hydrogen-bond acceptors (Lipinski definition) is 4. The number of aryl methyl sites for hydroxylation is 1. The second-order valence-electron chi connectivity index (χ2n) is 11.4. The van der Waals surface area contributed by atoms with Crippen molar-refractivity contribution in [3.63, 3.8) is 0 Å². The number of nitrogens with one attached hydrogen (secondary N) is 2. The molecule has 0 radical (unpaired) electrons. The molecule has 2 N–H and O–H groups in total. The van der Waals surface area contributed by atoms with Gasteiger partial charge in [0.25, 0.3) is 0 Å². The van der Waals surface area contributed by atoms with E-state index in [1.54, 1.807) is 17.0 Å². The largest absolute Gasteiger partial charge is 0.359 e. The molecule has 4 aliphatic rings. The Morgan fingerprint density at radius 3 is 2.73 bits per heavy atom. The zero-order chi connectivity index (χ0) is 26.5. The first-order valence-electron chi connectivity index (χ1n) is 13.7. The lowest BCUT2D eigenvalue weighted by Gasteiger charge is -2.38. The summed E-state index contributed by atoms with van der Waals surface area (Å²) in [5.41, 5.74) is 0.359. The summed E-state index contributed by atoms with van der Waals surface area (Å²) in [5, 5.41) is 6.79. The molecule has 0 aromatic heterocycles. The van der Waals surface area contributed by atoms with Crippen molar-refractivity contribution in [1.29, 1.82) is 0 Å². The van der Waals surface area contributed by atoms with Crippen LogP contribution in [0.2, 0.25) is 5.02 Å². The lowest BCUT2D eigenvalue weighted by Crippen LogP contribution is -2.58. The van der Waals surface area contributed by atoms with Crippen molar-refractivity contribution in [2.24, 2.45) is 23.7 Å². The minimum absolute atomic E-state index is 0.0720. The van der Waals surface area contributed by atoms with Gasteiger partial charge in [0.15, 0.2) is 0 Å². The molecule has 1 aliphatic carbocycles. The van der Waals surface area contributed by atoms with Crippen LogP contribution in [0.5, 0.6) is 0 Å².